The molecule has 0 aromatic carbocycles. The summed E-state index contributed by atoms with van der Waals surface area (Å²) in [5.41, 5.74) is 0. The number of hydrogen-bond donors (Lipinski definition) is 0. The third-order valence-electron chi connectivity index (χ3n) is 15.2. The van der Waals surface area contributed by atoms with Crippen LogP contribution in [0.4, 0.5) is 0 Å². The molecule has 0 unspecified atom stereocenters. The Hall–Kier alpha value is -0.530. The highest BCUT2D eigenvalue weighted by molar-refractivity contribution is 5.69. The van der Waals surface area contributed by atoms with Crippen LogP contribution in [0.25, 0.3) is 0 Å². The maximum absolute atomic E-state index is 12.1. The molecule has 0 aliphatic carbocycles. The van der Waals surface area contributed by atoms with Crippen molar-refractivity contribution >= 4 is 5.97 Å². The van der Waals surface area contributed by atoms with E-state index in [0.717, 1.165) is 12.8 Å². The lowest BCUT2D eigenvalue weighted by atomic mass is 10.0. The summed E-state index contributed by atoms with van der Waals surface area (Å²) in [6.45, 7) is 5.25. The molecule has 0 N–H and O–H groups in total. The molecule has 0 aliphatic rings. The van der Waals surface area contributed by atoms with Crippen molar-refractivity contribution in [3.05, 3.63) is 0 Å². The molecule has 66 heavy (non-hydrogen) atoms. The van der Waals surface area contributed by atoms with Crippen LogP contribution in [0.5, 0.6) is 0 Å². The zero-order valence-corrected chi connectivity index (χ0v) is 46.5. The topological polar surface area (TPSA) is 26.3 Å². The number of unbranched alkanes of at least 4 members (excludes halogenated alkanes) is 57. The van der Waals surface area contributed by atoms with E-state index in [2.05, 4.69) is 13.8 Å². The lowest BCUT2D eigenvalue weighted by molar-refractivity contribution is -0.143. The highest BCUT2D eigenvalue weighted by Gasteiger charge is 2.04. The van der Waals surface area contributed by atoms with Gasteiger partial charge >= 0.3 is 5.97 Å². The maximum atomic E-state index is 12.1. The highest BCUT2D eigenvalue weighted by atomic mass is 16.5. The number of carbonyl (C=O) groups excluding carboxylic acids is 1. The Balaban J connectivity index is 3.14. The molecule has 2 nitrogen and oxygen atoms in total. The second-order valence-corrected chi connectivity index (χ2v) is 22.1. The average molecular weight is 930 g/mol. The van der Waals surface area contributed by atoms with Gasteiger partial charge in [-0.2, -0.15) is 0 Å². The van der Waals surface area contributed by atoms with E-state index in [0.29, 0.717) is 13.0 Å². The van der Waals surface area contributed by atoms with Gasteiger partial charge in [0, 0.05) is 6.42 Å². The second kappa shape index (κ2) is 62.5. The minimum atomic E-state index is 0.0373. The Labute approximate surface area is 419 Å². The fourth-order valence-electron chi connectivity index (χ4n) is 10.5. The number of hydrogen-bond acceptors (Lipinski definition) is 2. The molecule has 0 aromatic rings. The molecular weight excluding hydrogens is 801 g/mol. The summed E-state index contributed by atoms with van der Waals surface area (Å²) in [6.07, 6.45) is 84.7. The van der Waals surface area contributed by atoms with Gasteiger partial charge in [-0.1, -0.05) is 380 Å². The van der Waals surface area contributed by atoms with E-state index in [1.165, 1.54) is 366 Å². The van der Waals surface area contributed by atoms with Crippen LogP contribution in [0.2, 0.25) is 0 Å². The summed E-state index contributed by atoms with van der Waals surface area (Å²) in [6, 6.07) is 0. The van der Waals surface area contributed by atoms with Crippen LogP contribution in [-0.2, 0) is 9.53 Å². The molecular formula is C64H128O2. The van der Waals surface area contributed by atoms with Crippen molar-refractivity contribution in [1.29, 1.82) is 0 Å². The van der Waals surface area contributed by atoms with E-state index in [-0.39, 0.29) is 5.97 Å². The van der Waals surface area contributed by atoms with Gasteiger partial charge < -0.3 is 4.74 Å². The molecule has 0 amide bonds. The standard InChI is InChI=1S/C64H128O2/c1-3-5-7-9-11-13-15-17-19-21-23-25-27-29-31-32-33-34-35-36-37-38-40-42-44-46-48-50-52-54-56-58-60-62-64(65)66-63-61-59-57-55-53-51-49-47-45-43-41-39-30-28-26-24-22-20-18-16-14-12-10-8-6-4-2/h3-63H2,1-2H3. The predicted molar refractivity (Wildman–Crippen MR) is 299 cm³/mol. The van der Waals surface area contributed by atoms with E-state index >= 15 is 0 Å². The van der Waals surface area contributed by atoms with Gasteiger partial charge in [0.05, 0.1) is 6.61 Å². The Morgan fingerprint density at radius 2 is 0.333 bits per heavy atom. The Bertz CT molecular complexity index is 837. The van der Waals surface area contributed by atoms with Gasteiger partial charge in [-0.3, -0.25) is 4.79 Å². The average Bonchev–Trinajstić information content (AvgIpc) is 3.32. The summed E-state index contributed by atoms with van der Waals surface area (Å²) in [5, 5.41) is 0. The first kappa shape index (κ1) is 65.5. The molecule has 0 atom stereocenters. The Kier molecular flexibility index (Phi) is 62.0. The van der Waals surface area contributed by atoms with Crippen LogP contribution in [0.1, 0.15) is 399 Å². The van der Waals surface area contributed by atoms with Crippen molar-refractivity contribution in [1.82, 2.24) is 0 Å². The van der Waals surface area contributed by atoms with Crippen LogP contribution >= 0.6 is 0 Å². The van der Waals surface area contributed by atoms with Crippen molar-refractivity contribution in [2.75, 3.05) is 6.61 Å². The highest BCUT2D eigenvalue weighted by Crippen LogP contribution is 2.19. The number of carbonyl (C=O) groups is 1. The second-order valence-electron chi connectivity index (χ2n) is 22.1. The Morgan fingerprint density at radius 1 is 0.197 bits per heavy atom. The molecule has 0 aromatic heterocycles. The van der Waals surface area contributed by atoms with Crippen LogP contribution in [0, 0.1) is 0 Å². The van der Waals surface area contributed by atoms with Crippen LogP contribution in [0.15, 0.2) is 0 Å². The van der Waals surface area contributed by atoms with E-state index in [1.54, 1.807) is 0 Å². The van der Waals surface area contributed by atoms with Crippen LogP contribution in [0.3, 0.4) is 0 Å². The van der Waals surface area contributed by atoms with E-state index in [1.807, 2.05) is 0 Å². The minimum Gasteiger partial charge on any atom is -0.466 e. The maximum Gasteiger partial charge on any atom is 0.305 e. The monoisotopic (exact) mass is 929 g/mol. The minimum absolute atomic E-state index is 0.0373. The fourth-order valence-corrected chi connectivity index (χ4v) is 10.5. The lowest BCUT2D eigenvalue weighted by Crippen LogP contribution is -2.05. The van der Waals surface area contributed by atoms with E-state index in [4.69, 9.17) is 4.74 Å². The molecule has 0 heterocycles. The molecule has 0 aliphatic heterocycles. The molecule has 396 valence electrons. The molecule has 0 bridgehead atoms. The summed E-state index contributed by atoms with van der Waals surface area (Å²) in [7, 11) is 0. The molecule has 2 heteroatoms. The van der Waals surface area contributed by atoms with Crippen molar-refractivity contribution in [3.63, 3.8) is 0 Å². The summed E-state index contributed by atoms with van der Waals surface area (Å²) in [5.74, 6) is 0.0373. The Morgan fingerprint density at radius 3 is 0.500 bits per heavy atom. The molecule has 0 fully saturated rings. The smallest absolute Gasteiger partial charge is 0.305 e. The van der Waals surface area contributed by atoms with Gasteiger partial charge in [-0.05, 0) is 12.8 Å². The van der Waals surface area contributed by atoms with Gasteiger partial charge in [0.2, 0.25) is 0 Å². The van der Waals surface area contributed by atoms with Gasteiger partial charge in [0.15, 0.2) is 0 Å². The number of rotatable bonds is 61. The number of ether oxygens (including phenoxy) is 1. The van der Waals surface area contributed by atoms with Crippen LogP contribution < -0.4 is 0 Å². The van der Waals surface area contributed by atoms with Gasteiger partial charge in [-0.15, -0.1) is 0 Å². The van der Waals surface area contributed by atoms with E-state index < -0.39 is 0 Å². The zero-order chi connectivity index (χ0) is 47.4. The fraction of sp³-hybridized carbons (Fsp3) is 0.984. The molecule has 0 spiro atoms. The molecule has 0 rings (SSSR count). The first-order valence-corrected chi connectivity index (χ1v) is 32.0. The quantitative estimate of drug-likeness (QED) is 0.0449. The molecule has 0 saturated heterocycles. The molecule has 0 saturated carbocycles. The van der Waals surface area contributed by atoms with Gasteiger partial charge in [-0.25, -0.2) is 0 Å². The van der Waals surface area contributed by atoms with Gasteiger partial charge in [0.1, 0.15) is 0 Å². The van der Waals surface area contributed by atoms with Crippen molar-refractivity contribution in [2.45, 2.75) is 399 Å². The van der Waals surface area contributed by atoms with Gasteiger partial charge in [0.25, 0.3) is 0 Å². The first-order valence-electron chi connectivity index (χ1n) is 32.0. The normalized spacial score (nSPS) is 11.6. The predicted octanol–water partition coefficient (Wildman–Crippen LogP) is 24.0. The first-order chi connectivity index (χ1) is 32.8. The molecule has 0 radical (unpaired) electrons. The van der Waals surface area contributed by atoms with E-state index in [9.17, 15) is 4.79 Å². The lowest BCUT2D eigenvalue weighted by Gasteiger charge is -2.06. The van der Waals surface area contributed by atoms with Crippen LogP contribution in [-0.4, -0.2) is 12.6 Å². The zero-order valence-electron chi connectivity index (χ0n) is 46.5. The largest absolute Gasteiger partial charge is 0.466 e. The third kappa shape index (κ3) is 61.5. The number of esters is 1. The van der Waals surface area contributed by atoms with Crippen molar-refractivity contribution < 1.29 is 9.53 Å². The third-order valence-corrected chi connectivity index (χ3v) is 15.2. The summed E-state index contributed by atoms with van der Waals surface area (Å²) in [4.78, 5) is 12.1. The summed E-state index contributed by atoms with van der Waals surface area (Å²) >= 11 is 0. The van der Waals surface area contributed by atoms with Crippen molar-refractivity contribution in [2.24, 2.45) is 0 Å². The summed E-state index contributed by atoms with van der Waals surface area (Å²) < 4.78 is 5.53. The van der Waals surface area contributed by atoms with Crippen molar-refractivity contribution in [3.8, 4) is 0 Å². The SMILES string of the molecule is CCCCCCCCCCCCCCCCCCCCCCCCCCCCCCCCCCCC(=O)OCCCCCCCCCCCCCCCCCCCCCCCCCCCC.